The van der Waals surface area contributed by atoms with E-state index in [0.717, 1.165) is 37.7 Å². The van der Waals surface area contributed by atoms with Crippen molar-refractivity contribution in [1.82, 2.24) is 0 Å². The van der Waals surface area contributed by atoms with Gasteiger partial charge in [0.1, 0.15) is 35.9 Å². The van der Waals surface area contributed by atoms with Gasteiger partial charge in [-0.2, -0.15) is 0 Å². The number of ether oxygens (including phenoxy) is 6. The van der Waals surface area contributed by atoms with Crippen LogP contribution in [0, 0.1) is 23.7 Å². The SMILES string of the molecule is CO[C@@H]1C(C)=CC2C(=O)O[C@H]3C[C@@H](CCC(C)C[C@@H](C)/C=C/C4OC45CO[C@H]1[C@]25O)O[C@@]1(CC[C@H](C)[C@@H](C)O1)C3. The number of hydrogen-bond donors (Lipinski definition) is 1. The molecule has 4 fully saturated rings. The van der Waals surface area contributed by atoms with Crippen LogP contribution in [-0.2, 0) is 33.2 Å². The van der Waals surface area contributed by atoms with Crippen molar-refractivity contribution in [1.29, 1.82) is 0 Å². The molecule has 8 nitrogen and oxygen atoms in total. The molecule has 0 radical (unpaired) electrons. The van der Waals surface area contributed by atoms with E-state index in [4.69, 9.17) is 28.4 Å². The lowest BCUT2D eigenvalue weighted by Gasteiger charge is -2.49. The second-order valence-corrected chi connectivity index (χ2v) is 13.8. The summed E-state index contributed by atoms with van der Waals surface area (Å²) < 4.78 is 37.8. The molecule has 0 aromatic carbocycles. The maximum absolute atomic E-state index is 14.1. The zero-order chi connectivity index (χ0) is 28.4. The Morgan fingerprint density at radius 2 is 1.80 bits per heavy atom. The number of aliphatic hydroxyl groups is 1. The Hall–Kier alpha value is -1.29. The van der Waals surface area contributed by atoms with E-state index in [1.54, 1.807) is 7.11 Å². The number of carbonyl (C=O) groups excluding carboxylic acids is 1. The maximum atomic E-state index is 14.1. The van der Waals surface area contributed by atoms with Crippen molar-refractivity contribution in [2.24, 2.45) is 23.7 Å². The van der Waals surface area contributed by atoms with Gasteiger partial charge in [-0.05, 0) is 62.9 Å². The number of epoxide rings is 1. The molecular weight excluding hydrogens is 512 g/mol. The highest BCUT2D eigenvalue weighted by atomic mass is 16.7. The van der Waals surface area contributed by atoms with Crippen LogP contribution in [0.25, 0.3) is 0 Å². The van der Waals surface area contributed by atoms with Gasteiger partial charge in [-0.3, -0.25) is 4.79 Å². The Labute approximate surface area is 238 Å². The van der Waals surface area contributed by atoms with Gasteiger partial charge in [0.2, 0.25) is 0 Å². The van der Waals surface area contributed by atoms with Crippen molar-refractivity contribution in [2.75, 3.05) is 13.7 Å². The second kappa shape index (κ2) is 10.5. The minimum absolute atomic E-state index is 0.0528. The molecule has 0 saturated carbocycles. The van der Waals surface area contributed by atoms with Gasteiger partial charge in [0.05, 0.1) is 18.8 Å². The number of fused-ring (bicyclic) bond motifs is 2. The van der Waals surface area contributed by atoms with Crippen molar-refractivity contribution in [2.45, 2.75) is 133 Å². The van der Waals surface area contributed by atoms with E-state index in [-0.39, 0.29) is 31.0 Å². The lowest BCUT2D eigenvalue weighted by atomic mass is 9.67. The summed E-state index contributed by atoms with van der Waals surface area (Å²) in [6.45, 7) is 11.0. The molecule has 1 N–H and O–H groups in total. The molecule has 4 saturated heterocycles. The van der Waals surface area contributed by atoms with E-state index >= 15 is 0 Å². The Balaban J connectivity index is 1.35. The predicted molar refractivity (Wildman–Crippen MR) is 147 cm³/mol. The average molecular weight is 561 g/mol. The highest BCUT2D eigenvalue weighted by Crippen LogP contribution is 2.59. The first kappa shape index (κ1) is 28.8. The quantitative estimate of drug-likeness (QED) is 0.285. The van der Waals surface area contributed by atoms with Gasteiger partial charge in [-0.15, -0.1) is 0 Å². The number of hydrogen-bond acceptors (Lipinski definition) is 8. The summed E-state index contributed by atoms with van der Waals surface area (Å²) in [4.78, 5) is 14.1. The highest BCUT2D eigenvalue weighted by molar-refractivity contribution is 5.78. The molecule has 13 atom stereocenters. The Kier molecular flexibility index (Phi) is 7.53. The van der Waals surface area contributed by atoms with Crippen LogP contribution >= 0.6 is 0 Å². The topological polar surface area (TPSA) is 96.0 Å². The van der Waals surface area contributed by atoms with Gasteiger partial charge in [0.25, 0.3) is 0 Å². The third kappa shape index (κ3) is 4.71. The summed E-state index contributed by atoms with van der Waals surface area (Å²) in [5, 5.41) is 12.5. The molecule has 0 amide bonds. The van der Waals surface area contributed by atoms with Crippen molar-refractivity contribution in [3.8, 4) is 0 Å². The maximum Gasteiger partial charge on any atom is 0.316 e. The summed E-state index contributed by atoms with van der Waals surface area (Å²) in [5.41, 5.74) is -1.77. The summed E-state index contributed by atoms with van der Waals surface area (Å²) >= 11 is 0. The minimum atomic E-state index is -1.61. The van der Waals surface area contributed by atoms with E-state index in [0.29, 0.717) is 30.6 Å². The zero-order valence-electron chi connectivity index (χ0n) is 25.0. The largest absolute Gasteiger partial charge is 0.462 e. The third-order valence-corrected chi connectivity index (χ3v) is 10.7. The average Bonchev–Trinajstić information content (AvgIpc) is 3.54. The fourth-order valence-electron chi connectivity index (χ4n) is 8.21. The van der Waals surface area contributed by atoms with Crippen LogP contribution in [0.3, 0.4) is 0 Å². The number of esters is 1. The number of methoxy groups -OCH3 is 1. The molecule has 0 aromatic rings. The first-order valence-corrected chi connectivity index (χ1v) is 15.5. The van der Waals surface area contributed by atoms with Crippen LogP contribution in [0.1, 0.15) is 79.6 Å². The molecule has 6 aliphatic rings. The van der Waals surface area contributed by atoms with Gasteiger partial charge in [0.15, 0.2) is 11.4 Å². The summed E-state index contributed by atoms with van der Waals surface area (Å²) in [6, 6.07) is 0. The van der Waals surface area contributed by atoms with Gasteiger partial charge >= 0.3 is 5.97 Å². The first-order chi connectivity index (χ1) is 19.0. The van der Waals surface area contributed by atoms with Crippen molar-refractivity contribution in [3.63, 3.8) is 0 Å². The normalized spacial score (nSPS) is 53.7. The molecular formula is C32H48O8. The van der Waals surface area contributed by atoms with Crippen LogP contribution in [0.4, 0.5) is 0 Å². The van der Waals surface area contributed by atoms with E-state index in [1.165, 1.54) is 0 Å². The summed E-state index contributed by atoms with van der Waals surface area (Å²) in [7, 11) is 1.61. The third-order valence-electron chi connectivity index (χ3n) is 10.7. The summed E-state index contributed by atoms with van der Waals surface area (Å²) in [5.74, 6) is -0.803. The van der Waals surface area contributed by atoms with E-state index in [2.05, 4.69) is 33.8 Å². The molecule has 0 aromatic heterocycles. The van der Waals surface area contributed by atoms with Crippen molar-refractivity contribution < 1.29 is 38.3 Å². The highest BCUT2D eigenvalue weighted by Gasteiger charge is 2.80. The Morgan fingerprint density at radius 3 is 2.55 bits per heavy atom. The fraction of sp³-hybridized carbons (Fsp3) is 0.844. The van der Waals surface area contributed by atoms with Gasteiger partial charge in [-0.25, -0.2) is 0 Å². The van der Waals surface area contributed by atoms with Crippen molar-refractivity contribution in [3.05, 3.63) is 23.8 Å². The fourth-order valence-corrected chi connectivity index (χ4v) is 8.21. The molecule has 5 heterocycles. The number of carbonyl (C=O) groups is 1. The monoisotopic (exact) mass is 560 g/mol. The van der Waals surface area contributed by atoms with Crippen molar-refractivity contribution >= 4 is 5.97 Å². The van der Waals surface area contributed by atoms with E-state index < -0.39 is 41.1 Å². The minimum Gasteiger partial charge on any atom is -0.462 e. The second-order valence-electron chi connectivity index (χ2n) is 13.8. The number of allylic oxidation sites excluding steroid dienone is 1. The molecule has 1 aliphatic carbocycles. The Bertz CT molecular complexity index is 1040. The van der Waals surface area contributed by atoms with Gasteiger partial charge < -0.3 is 33.5 Å². The van der Waals surface area contributed by atoms with E-state index in [1.807, 2.05) is 19.1 Å². The molecule has 2 spiro atoms. The smallest absolute Gasteiger partial charge is 0.316 e. The summed E-state index contributed by atoms with van der Waals surface area (Å²) in [6.07, 6.45) is 10.1. The lowest BCUT2D eigenvalue weighted by molar-refractivity contribution is -0.333. The molecule has 8 heteroatoms. The van der Waals surface area contributed by atoms with Crippen LogP contribution in [0.15, 0.2) is 23.8 Å². The standard InChI is InChI=1S/C32H48O8/c1-18-7-9-23-15-24(16-30(39-23)12-11-20(3)22(5)38-30)37-29(33)25-14-21(4)27(35-6)28-32(25,34)31(17-36-28)26(40-31)10-8-19(2)13-18/h8,10,14,18-20,22-28,34H,7,9,11-13,15-17H2,1-6H3/b10-8+/t18?,19-,20-,22+,23+,24-,25?,26?,27+,28+,30-,31?,32+/m0/s1. The molecule has 4 unspecified atom stereocenters. The van der Waals surface area contributed by atoms with Crippen LogP contribution in [0.5, 0.6) is 0 Å². The zero-order valence-corrected chi connectivity index (χ0v) is 25.0. The predicted octanol–water partition coefficient (Wildman–Crippen LogP) is 4.48. The molecule has 6 rings (SSSR count). The molecule has 5 aliphatic heterocycles. The molecule has 224 valence electrons. The van der Waals surface area contributed by atoms with E-state index in [9.17, 15) is 9.90 Å². The molecule has 2 bridgehead atoms. The lowest BCUT2D eigenvalue weighted by Crippen LogP contribution is -2.64. The number of rotatable bonds is 1. The van der Waals surface area contributed by atoms with Crippen LogP contribution < -0.4 is 0 Å². The van der Waals surface area contributed by atoms with Gasteiger partial charge in [0, 0.05) is 26.4 Å². The van der Waals surface area contributed by atoms with Gasteiger partial charge in [-0.1, -0.05) is 39.0 Å². The molecule has 40 heavy (non-hydrogen) atoms. The van der Waals surface area contributed by atoms with Crippen LogP contribution in [0.2, 0.25) is 0 Å². The van der Waals surface area contributed by atoms with Crippen LogP contribution in [-0.4, -0.2) is 78.4 Å². The first-order valence-electron chi connectivity index (χ1n) is 15.5. The Morgan fingerprint density at radius 1 is 1.00 bits per heavy atom.